The Balaban J connectivity index is 1.89. The summed E-state index contributed by atoms with van der Waals surface area (Å²) >= 11 is 0. The van der Waals surface area contributed by atoms with Crippen LogP contribution >= 0.6 is 0 Å². The van der Waals surface area contributed by atoms with Gasteiger partial charge in [0.25, 0.3) is 0 Å². The number of carbonyl (C=O) groups is 1. The van der Waals surface area contributed by atoms with Gasteiger partial charge in [0.05, 0.1) is 0 Å². The van der Waals surface area contributed by atoms with Crippen molar-refractivity contribution in [2.24, 2.45) is 5.92 Å². The molecule has 2 rings (SSSR count). The minimum Gasteiger partial charge on any atom is -0.351 e. The zero-order valence-corrected chi connectivity index (χ0v) is 11.3. The minimum atomic E-state index is -4.47. The number of nitrogens with one attached hydrogen (secondary N) is 1. The molecule has 0 spiro atoms. The highest BCUT2D eigenvalue weighted by molar-refractivity contribution is 5.76. The van der Waals surface area contributed by atoms with E-state index >= 15 is 0 Å². The second kappa shape index (κ2) is 5.85. The summed E-state index contributed by atoms with van der Waals surface area (Å²) in [4.78, 5) is 11.8. The van der Waals surface area contributed by atoms with E-state index in [1.54, 1.807) is 0 Å². The molecule has 1 aromatic heterocycles. The molecule has 7 heteroatoms. The van der Waals surface area contributed by atoms with Crippen LogP contribution in [0.15, 0.2) is 12.3 Å². The molecule has 1 aliphatic carbocycles. The molecule has 0 radical (unpaired) electrons. The van der Waals surface area contributed by atoms with Gasteiger partial charge < -0.3 is 5.32 Å². The fourth-order valence-electron chi connectivity index (χ4n) is 2.53. The number of hydrogen-bond donors (Lipinski definition) is 1. The van der Waals surface area contributed by atoms with E-state index in [-0.39, 0.29) is 18.5 Å². The first-order valence-electron chi connectivity index (χ1n) is 6.76. The first-order chi connectivity index (χ1) is 9.36. The molecule has 4 nitrogen and oxygen atoms in total. The second-order valence-electron chi connectivity index (χ2n) is 5.33. The van der Waals surface area contributed by atoms with Gasteiger partial charge in [-0.3, -0.25) is 9.48 Å². The molecule has 1 heterocycles. The molecule has 112 valence electrons. The van der Waals surface area contributed by atoms with Gasteiger partial charge in [-0.15, -0.1) is 0 Å². The predicted octanol–water partition coefficient (Wildman–Crippen LogP) is 2.60. The zero-order valence-electron chi connectivity index (χ0n) is 11.3. The summed E-state index contributed by atoms with van der Waals surface area (Å²) in [6.07, 6.45) is 0.952. The largest absolute Gasteiger partial charge is 0.435 e. The Morgan fingerprint density at radius 2 is 2.15 bits per heavy atom. The van der Waals surface area contributed by atoms with Gasteiger partial charge in [0.15, 0.2) is 5.69 Å². The van der Waals surface area contributed by atoms with Crippen LogP contribution in [0.2, 0.25) is 0 Å². The Kier molecular flexibility index (Phi) is 4.35. The standard InChI is InChI=1S/C13H18F3N3O/c1-9-4-2-3-5-10(9)17-12(20)8-19-7-6-11(18-19)13(14,15)16/h6-7,9-10H,2-5,8H2,1H3,(H,17,20). The van der Waals surface area contributed by atoms with Gasteiger partial charge in [-0.2, -0.15) is 18.3 Å². The fourth-order valence-corrected chi connectivity index (χ4v) is 2.53. The van der Waals surface area contributed by atoms with Crippen molar-refractivity contribution in [3.63, 3.8) is 0 Å². The van der Waals surface area contributed by atoms with Crippen molar-refractivity contribution in [2.75, 3.05) is 0 Å². The maximum absolute atomic E-state index is 12.4. The van der Waals surface area contributed by atoms with Gasteiger partial charge in [-0.25, -0.2) is 0 Å². The quantitative estimate of drug-likeness (QED) is 0.929. The average Bonchev–Trinajstić information content (AvgIpc) is 2.80. The summed E-state index contributed by atoms with van der Waals surface area (Å²) in [6.45, 7) is 1.90. The average molecular weight is 289 g/mol. The molecule has 1 aromatic rings. The summed E-state index contributed by atoms with van der Waals surface area (Å²) in [5.41, 5.74) is -0.976. The first-order valence-corrected chi connectivity index (χ1v) is 6.76. The fraction of sp³-hybridized carbons (Fsp3) is 0.692. The molecule has 1 amide bonds. The molecule has 0 bridgehead atoms. The SMILES string of the molecule is CC1CCCCC1NC(=O)Cn1ccc(C(F)(F)F)n1. The van der Waals surface area contributed by atoms with E-state index in [0.29, 0.717) is 5.92 Å². The van der Waals surface area contributed by atoms with E-state index in [4.69, 9.17) is 0 Å². The van der Waals surface area contributed by atoms with Crippen molar-refractivity contribution in [3.8, 4) is 0 Å². The number of carbonyl (C=O) groups excluding carboxylic acids is 1. The van der Waals surface area contributed by atoms with Gasteiger partial charge in [-0.05, 0) is 24.8 Å². The number of halogens is 3. The smallest absolute Gasteiger partial charge is 0.351 e. The number of aromatic nitrogens is 2. The third kappa shape index (κ3) is 3.74. The van der Waals surface area contributed by atoms with Crippen molar-refractivity contribution < 1.29 is 18.0 Å². The monoisotopic (exact) mass is 289 g/mol. The van der Waals surface area contributed by atoms with Crippen molar-refractivity contribution in [2.45, 2.75) is 51.4 Å². The normalized spacial score (nSPS) is 23.6. The van der Waals surface area contributed by atoms with E-state index in [9.17, 15) is 18.0 Å². The van der Waals surface area contributed by atoms with Crippen LogP contribution in [0.5, 0.6) is 0 Å². The van der Waals surface area contributed by atoms with Crippen LogP contribution in [0.1, 0.15) is 38.3 Å². The van der Waals surface area contributed by atoms with Gasteiger partial charge in [0, 0.05) is 12.2 Å². The molecule has 1 aliphatic rings. The van der Waals surface area contributed by atoms with E-state index < -0.39 is 11.9 Å². The summed E-state index contributed by atoms with van der Waals surface area (Å²) in [5.74, 6) is 0.122. The van der Waals surface area contributed by atoms with Crippen LogP contribution in [0.4, 0.5) is 13.2 Å². The minimum absolute atomic E-state index is 0.119. The number of rotatable bonds is 3. The lowest BCUT2D eigenvalue weighted by molar-refractivity contribution is -0.141. The molecule has 0 aliphatic heterocycles. The summed E-state index contributed by atoms with van der Waals surface area (Å²) in [5, 5.41) is 6.25. The van der Waals surface area contributed by atoms with Crippen molar-refractivity contribution >= 4 is 5.91 Å². The van der Waals surface area contributed by atoms with Crippen LogP contribution in [-0.4, -0.2) is 21.7 Å². The second-order valence-corrected chi connectivity index (χ2v) is 5.33. The van der Waals surface area contributed by atoms with Crippen molar-refractivity contribution in [3.05, 3.63) is 18.0 Å². The van der Waals surface area contributed by atoms with Crippen LogP contribution in [0, 0.1) is 5.92 Å². The third-order valence-electron chi connectivity index (χ3n) is 3.69. The number of amides is 1. The lowest BCUT2D eigenvalue weighted by Crippen LogP contribution is -2.42. The van der Waals surface area contributed by atoms with Crippen LogP contribution in [0.3, 0.4) is 0 Å². The maximum Gasteiger partial charge on any atom is 0.435 e. The molecular weight excluding hydrogens is 271 g/mol. The molecule has 1 saturated carbocycles. The Morgan fingerprint density at radius 3 is 2.75 bits per heavy atom. The zero-order chi connectivity index (χ0) is 14.8. The van der Waals surface area contributed by atoms with Crippen molar-refractivity contribution in [1.82, 2.24) is 15.1 Å². The van der Waals surface area contributed by atoms with Gasteiger partial charge >= 0.3 is 6.18 Å². The lowest BCUT2D eigenvalue weighted by atomic mass is 9.86. The molecule has 1 fully saturated rings. The van der Waals surface area contributed by atoms with Gasteiger partial charge in [0.2, 0.25) is 5.91 Å². The van der Waals surface area contributed by atoms with Gasteiger partial charge in [-0.1, -0.05) is 19.8 Å². The molecule has 0 saturated heterocycles. The maximum atomic E-state index is 12.4. The third-order valence-corrected chi connectivity index (χ3v) is 3.69. The van der Waals surface area contributed by atoms with Crippen molar-refractivity contribution in [1.29, 1.82) is 0 Å². The molecular formula is C13H18F3N3O. The van der Waals surface area contributed by atoms with Gasteiger partial charge in [0.1, 0.15) is 6.54 Å². The highest BCUT2D eigenvalue weighted by Gasteiger charge is 2.33. The van der Waals surface area contributed by atoms with Crippen LogP contribution in [-0.2, 0) is 17.5 Å². The topological polar surface area (TPSA) is 46.9 Å². The predicted molar refractivity (Wildman–Crippen MR) is 66.8 cm³/mol. The summed E-state index contributed by atoms with van der Waals surface area (Å²) in [6, 6.07) is 0.991. The number of alkyl halides is 3. The first kappa shape index (κ1) is 14.9. The Morgan fingerprint density at radius 1 is 1.45 bits per heavy atom. The lowest BCUT2D eigenvalue weighted by Gasteiger charge is -2.29. The molecule has 0 aromatic carbocycles. The van der Waals surface area contributed by atoms with E-state index in [2.05, 4.69) is 17.3 Å². The Hall–Kier alpha value is -1.53. The Labute approximate surface area is 115 Å². The Bertz CT molecular complexity index is 470. The molecule has 2 unspecified atom stereocenters. The van der Waals surface area contributed by atoms with E-state index in [0.717, 1.165) is 30.0 Å². The summed E-state index contributed by atoms with van der Waals surface area (Å²) < 4.78 is 38.2. The van der Waals surface area contributed by atoms with Crippen LogP contribution in [0.25, 0.3) is 0 Å². The number of hydrogen-bond acceptors (Lipinski definition) is 2. The number of nitrogens with zero attached hydrogens (tertiary/aromatic N) is 2. The highest BCUT2D eigenvalue weighted by Crippen LogP contribution is 2.27. The van der Waals surface area contributed by atoms with E-state index in [1.807, 2.05) is 0 Å². The van der Waals surface area contributed by atoms with E-state index in [1.165, 1.54) is 12.6 Å². The highest BCUT2D eigenvalue weighted by atomic mass is 19.4. The molecule has 2 atom stereocenters. The van der Waals surface area contributed by atoms with Crippen LogP contribution < -0.4 is 5.32 Å². The summed E-state index contributed by atoms with van der Waals surface area (Å²) in [7, 11) is 0. The molecule has 20 heavy (non-hydrogen) atoms. The molecule has 1 N–H and O–H groups in total.